The second-order valence-electron chi connectivity index (χ2n) is 4.75. The molecule has 120 valence electrons. The molecule has 0 saturated heterocycles. The predicted molar refractivity (Wildman–Crippen MR) is 89.3 cm³/mol. The summed E-state index contributed by atoms with van der Waals surface area (Å²) in [6.45, 7) is 1.78. The lowest BCUT2D eigenvalue weighted by Gasteiger charge is -2.04. The number of aromatic amines is 2. The van der Waals surface area contributed by atoms with Crippen molar-refractivity contribution >= 4 is 23.8 Å². The van der Waals surface area contributed by atoms with Gasteiger partial charge in [0, 0.05) is 11.8 Å². The molecule has 3 N–H and O–H groups in total. The van der Waals surface area contributed by atoms with E-state index >= 15 is 0 Å². The highest BCUT2D eigenvalue weighted by Crippen LogP contribution is 2.11. The first-order valence-corrected chi connectivity index (χ1v) is 7.19. The van der Waals surface area contributed by atoms with Crippen molar-refractivity contribution in [2.75, 3.05) is 7.11 Å². The van der Waals surface area contributed by atoms with Crippen molar-refractivity contribution in [2.24, 2.45) is 5.10 Å². The van der Waals surface area contributed by atoms with E-state index in [-0.39, 0.29) is 22.7 Å². The van der Waals surface area contributed by atoms with Gasteiger partial charge in [-0.05, 0) is 49.0 Å². The van der Waals surface area contributed by atoms with Gasteiger partial charge in [0.1, 0.15) is 5.75 Å². The van der Waals surface area contributed by atoms with Crippen LogP contribution in [-0.4, -0.2) is 28.7 Å². The maximum absolute atomic E-state index is 11.9. The quantitative estimate of drug-likeness (QED) is 0.439. The van der Waals surface area contributed by atoms with Crippen LogP contribution >= 0.6 is 12.2 Å². The van der Waals surface area contributed by atoms with Crippen molar-refractivity contribution in [3.63, 3.8) is 0 Å². The summed E-state index contributed by atoms with van der Waals surface area (Å²) >= 11 is 4.85. The van der Waals surface area contributed by atoms with Gasteiger partial charge in [-0.25, -0.2) is 5.43 Å². The van der Waals surface area contributed by atoms with E-state index in [2.05, 4.69) is 20.5 Å². The summed E-state index contributed by atoms with van der Waals surface area (Å²) in [5, 5.41) is 4.04. The van der Waals surface area contributed by atoms with E-state index in [1.54, 1.807) is 14.0 Å². The van der Waals surface area contributed by atoms with Gasteiger partial charge in [0.15, 0.2) is 4.77 Å². The second kappa shape index (κ2) is 7.50. The molecule has 0 aliphatic heterocycles. The number of carbonyl (C=O) groups is 1. The van der Waals surface area contributed by atoms with Crippen LogP contribution in [-0.2, 0) is 11.2 Å². The Hall–Kier alpha value is -2.74. The first kappa shape index (κ1) is 16.6. The molecule has 0 spiro atoms. The molecule has 8 heteroatoms. The zero-order valence-corrected chi connectivity index (χ0v) is 13.5. The van der Waals surface area contributed by atoms with Crippen LogP contribution in [0.15, 0.2) is 40.2 Å². The molecule has 1 aromatic carbocycles. The molecule has 7 nitrogen and oxygen atoms in total. The largest absolute Gasteiger partial charge is 0.497 e. The molecule has 1 heterocycles. The number of ether oxygens (including phenoxy) is 1. The van der Waals surface area contributed by atoms with Gasteiger partial charge >= 0.3 is 0 Å². The molecular weight excluding hydrogens is 316 g/mol. The molecule has 0 aliphatic carbocycles. The lowest BCUT2D eigenvalue weighted by Crippen LogP contribution is -2.23. The van der Waals surface area contributed by atoms with Gasteiger partial charge in [-0.2, -0.15) is 5.10 Å². The average Bonchev–Trinajstić information content (AvgIpc) is 2.51. The molecule has 0 bridgehead atoms. The number of carbonyl (C=O) groups excluding carboxylic acids is 1. The monoisotopic (exact) mass is 332 g/mol. The number of methoxy groups -OCH3 is 1. The SMILES string of the molecule is COc1ccc(/C(C)=N\NC(=O)Cc2cc(=O)[nH]c(=S)[nH]2)cc1. The van der Waals surface area contributed by atoms with Crippen molar-refractivity contribution in [1.82, 2.24) is 15.4 Å². The molecule has 2 aromatic rings. The molecule has 23 heavy (non-hydrogen) atoms. The topological polar surface area (TPSA) is 99.3 Å². The van der Waals surface area contributed by atoms with Crippen LogP contribution in [0.5, 0.6) is 5.75 Å². The van der Waals surface area contributed by atoms with Crippen molar-refractivity contribution in [2.45, 2.75) is 13.3 Å². The Morgan fingerprint density at radius 1 is 1.30 bits per heavy atom. The minimum absolute atomic E-state index is 0.0209. The first-order chi connectivity index (χ1) is 11.0. The summed E-state index contributed by atoms with van der Waals surface area (Å²) in [6, 6.07) is 8.60. The van der Waals surface area contributed by atoms with Crippen molar-refractivity contribution in [1.29, 1.82) is 0 Å². The lowest BCUT2D eigenvalue weighted by atomic mass is 10.1. The normalized spacial score (nSPS) is 11.1. The Bertz CT molecular complexity index is 809. The summed E-state index contributed by atoms with van der Waals surface area (Å²) < 4.78 is 5.26. The zero-order valence-electron chi connectivity index (χ0n) is 12.7. The minimum atomic E-state index is -0.353. The Balaban J connectivity index is 2.01. The highest BCUT2D eigenvalue weighted by Gasteiger charge is 2.05. The summed E-state index contributed by atoms with van der Waals surface area (Å²) in [5.74, 6) is 0.393. The van der Waals surface area contributed by atoms with E-state index in [0.29, 0.717) is 11.4 Å². The van der Waals surface area contributed by atoms with Crippen molar-refractivity contribution in [3.8, 4) is 5.75 Å². The number of aromatic nitrogens is 2. The number of hydrogen-bond acceptors (Lipinski definition) is 5. The van der Waals surface area contributed by atoms with Crippen LogP contribution < -0.4 is 15.7 Å². The number of hydrogen-bond donors (Lipinski definition) is 3. The molecular formula is C15H16N4O3S. The predicted octanol–water partition coefficient (Wildman–Crippen LogP) is 1.52. The van der Waals surface area contributed by atoms with Crippen LogP contribution in [0.3, 0.4) is 0 Å². The first-order valence-electron chi connectivity index (χ1n) is 6.78. The van der Waals surface area contributed by atoms with E-state index in [0.717, 1.165) is 11.3 Å². The maximum Gasteiger partial charge on any atom is 0.251 e. The summed E-state index contributed by atoms with van der Waals surface area (Å²) in [6.07, 6.45) is -0.0209. The van der Waals surface area contributed by atoms with Crippen LogP contribution in [0.25, 0.3) is 0 Å². The zero-order chi connectivity index (χ0) is 16.8. The standard InChI is InChI=1S/C15H16N4O3S/c1-9(10-3-5-12(22-2)6-4-10)18-19-14(21)8-11-7-13(20)17-15(23)16-11/h3-7H,8H2,1-2H3,(H,19,21)(H2,16,17,20,23)/b18-9-. The van der Waals surface area contributed by atoms with Gasteiger partial charge in [0.2, 0.25) is 5.91 Å². The van der Waals surface area contributed by atoms with Crippen LogP contribution in [0.4, 0.5) is 0 Å². The smallest absolute Gasteiger partial charge is 0.251 e. The minimum Gasteiger partial charge on any atom is -0.497 e. The Morgan fingerprint density at radius 2 is 2.00 bits per heavy atom. The van der Waals surface area contributed by atoms with Crippen molar-refractivity contribution in [3.05, 3.63) is 56.7 Å². The number of benzene rings is 1. The number of rotatable bonds is 5. The number of nitrogens with zero attached hydrogens (tertiary/aromatic N) is 1. The van der Waals surface area contributed by atoms with E-state index in [4.69, 9.17) is 17.0 Å². The Kier molecular flexibility index (Phi) is 5.42. The molecule has 0 aliphatic rings. The van der Waals surface area contributed by atoms with Crippen LogP contribution in [0.2, 0.25) is 0 Å². The molecule has 1 amide bonds. The van der Waals surface area contributed by atoms with E-state index < -0.39 is 0 Å². The molecule has 0 radical (unpaired) electrons. The summed E-state index contributed by atoms with van der Waals surface area (Å²) in [5.41, 5.74) is 4.04. The third-order valence-corrected chi connectivity index (χ3v) is 3.23. The molecule has 2 rings (SSSR count). The van der Waals surface area contributed by atoms with Crippen molar-refractivity contribution < 1.29 is 9.53 Å². The third-order valence-electron chi connectivity index (χ3n) is 3.02. The summed E-state index contributed by atoms with van der Waals surface area (Å²) in [7, 11) is 1.59. The number of H-pyrrole nitrogens is 2. The van der Waals surface area contributed by atoms with Gasteiger partial charge in [-0.15, -0.1) is 0 Å². The highest BCUT2D eigenvalue weighted by atomic mass is 32.1. The fourth-order valence-electron chi connectivity index (χ4n) is 1.87. The maximum atomic E-state index is 11.9. The molecule has 0 fully saturated rings. The van der Waals surface area contributed by atoms with Gasteiger partial charge < -0.3 is 9.72 Å². The third kappa shape index (κ3) is 4.89. The summed E-state index contributed by atoms with van der Waals surface area (Å²) in [4.78, 5) is 28.3. The number of amides is 1. The van der Waals surface area contributed by atoms with Crippen LogP contribution in [0, 0.1) is 4.77 Å². The van der Waals surface area contributed by atoms with Gasteiger partial charge in [-0.3, -0.25) is 14.6 Å². The molecule has 0 atom stereocenters. The second-order valence-corrected chi connectivity index (χ2v) is 5.16. The van der Waals surface area contributed by atoms with Crippen LogP contribution in [0.1, 0.15) is 18.2 Å². The van der Waals surface area contributed by atoms with Gasteiger partial charge in [0.05, 0.1) is 19.2 Å². The fourth-order valence-corrected chi connectivity index (χ4v) is 2.10. The van der Waals surface area contributed by atoms with E-state index in [1.165, 1.54) is 6.07 Å². The highest BCUT2D eigenvalue weighted by molar-refractivity contribution is 7.71. The Labute approximate surface area is 137 Å². The number of nitrogens with one attached hydrogen (secondary N) is 3. The van der Waals surface area contributed by atoms with E-state index in [9.17, 15) is 9.59 Å². The van der Waals surface area contributed by atoms with Gasteiger partial charge in [-0.1, -0.05) is 0 Å². The van der Waals surface area contributed by atoms with Gasteiger partial charge in [0.25, 0.3) is 5.56 Å². The Morgan fingerprint density at radius 3 is 2.61 bits per heavy atom. The molecule has 0 saturated carbocycles. The molecule has 0 unspecified atom stereocenters. The van der Waals surface area contributed by atoms with E-state index in [1.807, 2.05) is 24.3 Å². The number of hydrazone groups is 1. The lowest BCUT2D eigenvalue weighted by molar-refractivity contribution is -0.120. The molecule has 1 aromatic heterocycles. The average molecular weight is 332 g/mol. The fraction of sp³-hybridized carbons (Fsp3) is 0.200.